The Morgan fingerprint density at radius 1 is 1.40 bits per heavy atom. The molecular formula is C14H20N4O2. The Morgan fingerprint density at radius 2 is 2.25 bits per heavy atom. The van der Waals surface area contributed by atoms with Crippen LogP contribution in [0, 0.1) is 5.92 Å². The normalized spacial score (nSPS) is 24.3. The van der Waals surface area contributed by atoms with Crippen molar-refractivity contribution in [3.05, 3.63) is 34.9 Å². The van der Waals surface area contributed by atoms with Crippen molar-refractivity contribution in [3.63, 3.8) is 0 Å². The molecule has 1 N–H and O–H groups in total. The van der Waals surface area contributed by atoms with Crippen LogP contribution in [-0.4, -0.2) is 49.9 Å². The van der Waals surface area contributed by atoms with Gasteiger partial charge in [0, 0.05) is 25.8 Å². The number of aromatic nitrogens is 3. The molecule has 0 radical (unpaired) electrons. The van der Waals surface area contributed by atoms with Crippen LogP contribution < -0.4 is 5.69 Å². The van der Waals surface area contributed by atoms with Crippen molar-refractivity contribution in [1.29, 1.82) is 0 Å². The van der Waals surface area contributed by atoms with Crippen molar-refractivity contribution in [3.8, 4) is 0 Å². The van der Waals surface area contributed by atoms with Crippen LogP contribution in [0.15, 0.2) is 29.2 Å². The predicted octanol–water partition coefficient (Wildman–Crippen LogP) is 0.199. The highest BCUT2D eigenvalue weighted by Crippen LogP contribution is 2.16. The van der Waals surface area contributed by atoms with Gasteiger partial charge in [0.1, 0.15) is 0 Å². The van der Waals surface area contributed by atoms with Gasteiger partial charge >= 0.3 is 5.69 Å². The number of aliphatic hydroxyl groups excluding tert-OH is 1. The minimum Gasteiger partial charge on any atom is -0.393 e. The summed E-state index contributed by atoms with van der Waals surface area (Å²) in [5.41, 5.74) is 0.589. The summed E-state index contributed by atoms with van der Waals surface area (Å²) in [6.07, 6.45) is 2.35. The van der Waals surface area contributed by atoms with Gasteiger partial charge in [-0.2, -0.15) is 0 Å². The lowest BCUT2D eigenvalue weighted by Crippen LogP contribution is -2.43. The maximum absolute atomic E-state index is 12.1. The van der Waals surface area contributed by atoms with Gasteiger partial charge in [-0.05, 0) is 24.5 Å². The molecule has 2 aromatic heterocycles. The van der Waals surface area contributed by atoms with Gasteiger partial charge in [0.25, 0.3) is 0 Å². The monoisotopic (exact) mass is 276 g/mol. The third-order valence-electron chi connectivity index (χ3n) is 4.06. The van der Waals surface area contributed by atoms with E-state index in [0.717, 1.165) is 26.1 Å². The van der Waals surface area contributed by atoms with E-state index in [0.29, 0.717) is 18.1 Å². The molecule has 2 unspecified atom stereocenters. The molecule has 108 valence electrons. The fraction of sp³-hybridized carbons (Fsp3) is 0.571. The number of nitrogens with zero attached hydrogens (tertiary/aromatic N) is 4. The van der Waals surface area contributed by atoms with Crippen molar-refractivity contribution in [2.75, 3.05) is 19.6 Å². The summed E-state index contributed by atoms with van der Waals surface area (Å²) in [4.78, 5) is 14.4. The Bertz CT molecular complexity index is 648. The second-order valence-electron chi connectivity index (χ2n) is 5.57. The maximum atomic E-state index is 12.1. The van der Waals surface area contributed by atoms with Gasteiger partial charge in [0.15, 0.2) is 5.65 Å². The molecule has 1 aliphatic rings. The van der Waals surface area contributed by atoms with E-state index in [1.54, 1.807) is 10.6 Å². The second-order valence-corrected chi connectivity index (χ2v) is 5.57. The Balaban J connectivity index is 1.68. The van der Waals surface area contributed by atoms with E-state index in [-0.39, 0.29) is 11.8 Å². The number of hydrogen-bond donors (Lipinski definition) is 1. The minimum absolute atomic E-state index is 0.0920. The molecule has 6 nitrogen and oxygen atoms in total. The molecule has 0 amide bonds. The molecule has 0 spiro atoms. The summed E-state index contributed by atoms with van der Waals surface area (Å²) in [5.74, 6) is 0.293. The first-order chi connectivity index (χ1) is 9.65. The fourth-order valence-electron chi connectivity index (χ4n) is 2.77. The third-order valence-corrected chi connectivity index (χ3v) is 4.06. The first-order valence-electron chi connectivity index (χ1n) is 7.10. The smallest absolute Gasteiger partial charge is 0.350 e. The van der Waals surface area contributed by atoms with Crippen molar-refractivity contribution >= 4 is 5.65 Å². The lowest BCUT2D eigenvalue weighted by Gasteiger charge is -2.34. The number of likely N-dealkylation sites (tertiary alicyclic amines) is 1. The Hall–Kier alpha value is -1.66. The van der Waals surface area contributed by atoms with Crippen molar-refractivity contribution < 1.29 is 5.11 Å². The SMILES string of the molecule is CC1CN(CCn2nc3ccccn3c2=O)CCC1O. The van der Waals surface area contributed by atoms with Gasteiger partial charge in [-0.15, -0.1) is 5.10 Å². The number of fused-ring (bicyclic) bond motifs is 1. The summed E-state index contributed by atoms with van der Waals surface area (Å²) in [6.45, 7) is 5.20. The van der Waals surface area contributed by atoms with E-state index >= 15 is 0 Å². The number of aliphatic hydroxyl groups is 1. The number of pyridine rings is 1. The number of rotatable bonds is 3. The average Bonchev–Trinajstić information content (AvgIpc) is 2.77. The predicted molar refractivity (Wildman–Crippen MR) is 75.7 cm³/mol. The third kappa shape index (κ3) is 2.48. The van der Waals surface area contributed by atoms with Gasteiger partial charge < -0.3 is 10.0 Å². The molecule has 20 heavy (non-hydrogen) atoms. The highest BCUT2D eigenvalue weighted by molar-refractivity contribution is 5.35. The second kappa shape index (κ2) is 5.38. The molecule has 1 fully saturated rings. The van der Waals surface area contributed by atoms with Gasteiger partial charge in [-0.25, -0.2) is 9.48 Å². The summed E-state index contributed by atoms with van der Waals surface area (Å²) < 4.78 is 3.08. The van der Waals surface area contributed by atoms with Crippen LogP contribution in [0.1, 0.15) is 13.3 Å². The van der Waals surface area contributed by atoms with Crippen molar-refractivity contribution in [2.24, 2.45) is 5.92 Å². The highest BCUT2D eigenvalue weighted by atomic mass is 16.3. The summed E-state index contributed by atoms with van der Waals surface area (Å²) in [7, 11) is 0. The van der Waals surface area contributed by atoms with Gasteiger partial charge in [0.2, 0.25) is 0 Å². The van der Waals surface area contributed by atoms with Crippen molar-refractivity contribution in [1.82, 2.24) is 19.1 Å². The number of piperidine rings is 1. The topological polar surface area (TPSA) is 62.8 Å². The van der Waals surface area contributed by atoms with Crippen LogP contribution in [-0.2, 0) is 6.54 Å². The van der Waals surface area contributed by atoms with E-state index in [1.165, 1.54) is 4.68 Å². The molecule has 0 saturated carbocycles. The fourth-order valence-corrected chi connectivity index (χ4v) is 2.77. The molecule has 0 bridgehead atoms. The van der Waals surface area contributed by atoms with E-state index in [9.17, 15) is 9.90 Å². The Kier molecular flexibility index (Phi) is 3.58. The summed E-state index contributed by atoms with van der Waals surface area (Å²) in [5, 5.41) is 14.0. The first-order valence-corrected chi connectivity index (χ1v) is 7.10. The maximum Gasteiger partial charge on any atom is 0.350 e. The van der Waals surface area contributed by atoms with Gasteiger partial charge in [0.05, 0.1) is 12.6 Å². The lowest BCUT2D eigenvalue weighted by atomic mass is 9.97. The van der Waals surface area contributed by atoms with Gasteiger partial charge in [-0.3, -0.25) is 4.40 Å². The van der Waals surface area contributed by atoms with Gasteiger partial charge in [-0.1, -0.05) is 13.0 Å². The molecule has 3 heterocycles. The molecular weight excluding hydrogens is 256 g/mol. The molecule has 3 rings (SSSR count). The van der Waals surface area contributed by atoms with E-state index in [2.05, 4.69) is 16.9 Å². The Labute approximate surface area is 117 Å². The molecule has 1 saturated heterocycles. The minimum atomic E-state index is -0.191. The van der Waals surface area contributed by atoms with Crippen molar-refractivity contribution in [2.45, 2.75) is 26.0 Å². The van der Waals surface area contributed by atoms with Crippen LogP contribution in [0.25, 0.3) is 5.65 Å². The standard InChI is InChI=1S/C14H20N4O2/c1-11-10-16(7-5-12(11)19)8-9-18-14(20)17-6-3-2-4-13(17)15-18/h2-4,6,11-12,19H,5,7-10H2,1H3. The molecule has 0 aliphatic carbocycles. The Morgan fingerprint density at radius 3 is 3.00 bits per heavy atom. The molecule has 6 heteroatoms. The lowest BCUT2D eigenvalue weighted by molar-refractivity contribution is 0.0334. The molecule has 2 atom stereocenters. The highest BCUT2D eigenvalue weighted by Gasteiger charge is 2.23. The summed E-state index contributed by atoms with van der Waals surface area (Å²) >= 11 is 0. The summed E-state index contributed by atoms with van der Waals surface area (Å²) in [6, 6.07) is 5.53. The van der Waals surface area contributed by atoms with Crippen LogP contribution in [0.3, 0.4) is 0 Å². The first kappa shape index (κ1) is 13.3. The zero-order chi connectivity index (χ0) is 14.1. The van der Waals surface area contributed by atoms with E-state index in [4.69, 9.17) is 0 Å². The van der Waals surface area contributed by atoms with Crippen LogP contribution in [0.5, 0.6) is 0 Å². The zero-order valence-corrected chi connectivity index (χ0v) is 11.6. The number of hydrogen-bond acceptors (Lipinski definition) is 4. The van der Waals surface area contributed by atoms with Crippen LogP contribution in [0.2, 0.25) is 0 Å². The van der Waals surface area contributed by atoms with E-state index < -0.39 is 0 Å². The molecule has 1 aliphatic heterocycles. The van der Waals surface area contributed by atoms with E-state index in [1.807, 2.05) is 18.2 Å². The zero-order valence-electron chi connectivity index (χ0n) is 11.6. The largest absolute Gasteiger partial charge is 0.393 e. The molecule has 2 aromatic rings. The van der Waals surface area contributed by atoms with Crippen LogP contribution >= 0.6 is 0 Å². The van der Waals surface area contributed by atoms with Crippen LogP contribution in [0.4, 0.5) is 0 Å². The quantitative estimate of drug-likeness (QED) is 0.870. The molecule has 0 aromatic carbocycles. The average molecular weight is 276 g/mol.